The van der Waals surface area contributed by atoms with Gasteiger partial charge >= 0.3 is 0 Å². The summed E-state index contributed by atoms with van der Waals surface area (Å²) in [5.41, 5.74) is 0.429. The van der Waals surface area contributed by atoms with E-state index >= 15 is 0 Å². The Labute approximate surface area is 166 Å². The molecular formula is C22H29NO5. The predicted molar refractivity (Wildman–Crippen MR) is 102 cm³/mol. The first-order chi connectivity index (χ1) is 13.5. The van der Waals surface area contributed by atoms with Gasteiger partial charge in [-0.05, 0) is 43.6 Å². The summed E-state index contributed by atoms with van der Waals surface area (Å²) in [7, 11) is 0. The van der Waals surface area contributed by atoms with Gasteiger partial charge in [0, 0.05) is 18.3 Å². The van der Waals surface area contributed by atoms with Crippen LogP contribution in [-0.2, 0) is 24.1 Å². The number of hydrogen-bond donors (Lipinski definition) is 0. The molecule has 1 spiro atoms. The molecule has 0 aromatic heterocycles. The van der Waals surface area contributed by atoms with Gasteiger partial charge in [0.2, 0.25) is 12.1 Å². The highest BCUT2D eigenvalue weighted by atomic mass is 17.3. The highest BCUT2D eigenvalue weighted by Gasteiger charge is 2.69. The normalized spacial score (nSPS) is 47.5. The van der Waals surface area contributed by atoms with Crippen LogP contribution in [0.2, 0.25) is 0 Å². The molecule has 4 aliphatic heterocycles. The molecule has 6 nitrogen and oxygen atoms in total. The van der Waals surface area contributed by atoms with Crippen molar-refractivity contribution >= 4 is 6.21 Å². The topological polar surface area (TPSA) is 58.5 Å². The van der Waals surface area contributed by atoms with Crippen LogP contribution in [0.25, 0.3) is 0 Å². The summed E-state index contributed by atoms with van der Waals surface area (Å²) in [6.45, 7) is 6.41. The summed E-state index contributed by atoms with van der Waals surface area (Å²) in [4.78, 5) is 17.8. The number of hydrogen-bond acceptors (Lipinski definition) is 6. The lowest BCUT2D eigenvalue weighted by molar-refractivity contribution is -0.577. The molecule has 152 valence electrons. The van der Waals surface area contributed by atoms with Crippen LogP contribution < -0.4 is 0 Å². The van der Waals surface area contributed by atoms with Crippen molar-refractivity contribution in [1.29, 1.82) is 0 Å². The minimum absolute atomic E-state index is 0.119. The number of fused-ring (bicyclic) bond motifs is 2. The fraction of sp³-hybridized carbons (Fsp3) is 0.682. The highest BCUT2D eigenvalue weighted by molar-refractivity contribution is 5.78. The summed E-state index contributed by atoms with van der Waals surface area (Å²) in [6.07, 6.45) is 4.80. The minimum atomic E-state index is -0.768. The van der Waals surface area contributed by atoms with E-state index in [9.17, 15) is 0 Å². The van der Waals surface area contributed by atoms with Crippen LogP contribution in [0.5, 0.6) is 0 Å². The van der Waals surface area contributed by atoms with E-state index in [0.717, 1.165) is 24.8 Å². The largest absolute Gasteiger partial charge is 0.363 e. The third-order valence-corrected chi connectivity index (χ3v) is 7.26. The summed E-state index contributed by atoms with van der Waals surface area (Å²) in [5.74, 6) is 0.504. The lowest BCUT2D eigenvalue weighted by atomic mass is 9.58. The highest BCUT2D eigenvalue weighted by Crippen LogP contribution is 2.60. The molecule has 0 amide bonds. The average molecular weight is 387 g/mol. The number of nitrogens with zero attached hydrogens (tertiary/aromatic N) is 1. The van der Waals surface area contributed by atoms with Crippen LogP contribution in [0.3, 0.4) is 0 Å². The Morgan fingerprint density at radius 2 is 1.89 bits per heavy atom. The molecule has 28 heavy (non-hydrogen) atoms. The Hall–Kier alpha value is -1.47. The molecule has 1 aliphatic carbocycles. The van der Waals surface area contributed by atoms with Crippen molar-refractivity contribution in [2.45, 2.75) is 70.4 Å². The quantitative estimate of drug-likeness (QED) is 0.441. The lowest BCUT2D eigenvalue weighted by Crippen LogP contribution is -2.70. The Kier molecular flexibility index (Phi) is 4.51. The van der Waals surface area contributed by atoms with E-state index in [2.05, 4.69) is 19.0 Å². The third kappa shape index (κ3) is 2.81. The average Bonchev–Trinajstić information content (AvgIpc) is 2.92. The molecule has 6 rings (SSSR count). The third-order valence-electron chi connectivity index (χ3n) is 7.26. The van der Waals surface area contributed by atoms with Gasteiger partial charge in [-0.2, -0.15) is 0 Å². The maximum atomic E-state index is 6.33. The van der Waals surface area contributed by atoms with Crippen molar-refractivity contribution < 1.29 is 24.1 Å². The van der Waals surface area contributed by atoms with Crippen LogP contribution in [0.1, 0.15) is 52.0 Å². The summed E-state index contributed by atoms with van der Waals surface area (Å²) >= 11 is 0. The molecule has 2 bridgehead atoms. The fourth-order valence-corrected chi connectivity index (χ4v) is 5.68. The molecule has 1 saturated carbocycles. The van der Waals surface area contributed by atoms with Gasteiger partial charge in [-0.15, -0.1) is 0 Å². The molecule has 1 aromatic carbocycles. The van der Waals surface area contributed by atoms with E-state index in [1.54, 1.807) is 6.21 Å². The van der Waals surface area contributed by atoms with E-state index in [0.29, 0.717) is 11.8 Å². The van der Waals surface area contributed by atoms with Crippen LogP contribution in [0, 0.1) is 23.7 Å². The second kappa shape index (κ2) is 6.80. The lowest BCUT2D eigenvalue weighted by Gasteiger charge is -2.59. The van der Waals surface area contributed by atoms with Gasteiger partial charge in [-0.3, -0.25) is 0 Å². The molecule has 0 N–H and O–H groups in total. The van der Waals surface area contributed by atoms with Crippen LogP contribution >= 0.6 is 0 Å². The summed E-state index contributed by atoms with van der Waals surface area (Å²) in [6, 6.07) is 9.90. The molecule has 5 unspecified atom stereocenters. The monoisotopic (exact) mass is 387 g/mol. The van der Waals surface area contributed by atoms with E-state index in [1.807, 2.05) is 37.3 Å². The van der Waals surface area contributed by atoms with E-state index < -0.39 is 24.0 Å². The maximum absolute atomic E-state index is 6.33. The SMILES string of the molecule is C[C@H]1C(ON=Cc2ccccc2)OC2O[C@]3(C)CCC4[C@H](C)CCC1C24OO3. The first-order valence-electron chi connectivity index (χ1n) is 10.5. The first-order valence-corrected chi connectivity index (χ1v) is 10.5. The molecule has 1 aromatic rings. The zero-order valence-corrected chi connectivity index (χ0v) is 16.7. The van der Waals surface area contributed by atoms with Crippen LogP contribution in [0.15, 0.2) is 35.5 Å². The van der Waals surface area contributed by atoms with E-state index in [1.165, 1.54) is 6.42 Å². The molecule has 5 aliphatic rings. The van der Waals surface area contributed by atoms with Crippen molar-refractivity contribution in [3.05, 3.63) is 35.9 Å². The number of benzene rings is 1. The molecule has 8 atom stereocenters. The fourth-order valence-electron chi connectivity index (χ4n) is 5.68. The van der Waals surface area contributed by atoms with Gasteiger partial charge in [0.15, 0.2) is 11.9 Å². The molecule has 6 heteroatoms. The summed E-state index contributed by atoms with van der Waals surface area (Å²) < 4.78 is 12.7. The van der Waals surface area contributed by atoms with Gasteiger partial charge in [0.1, 0.15) is 0 Å². The van der Waals surface area contributed by atoms with Crippen molar-refractivity contribution in [2.75, 3.05) is 0 Å². The number of rotatable bonds is 3. The Morgan fingerprint density at radius 1 is 1.07 bits per heavy atom. The van der Waals surface area contributed by atoms with Crippen molar-refractivity contribution in [2.24, 2.45) is 28.8 Å². The Morgan fingerprint density at radius 3 is 2.71 bits per heavy atom. The van der Waals surface area contributed by atoms with Gasteiger partial charge < -0.3 is 14.3 Å². The van der Waals surface area contributed by atoms with Gasteiger partial charge in [-0.1, -0.05) is 49.3 Å². The zero-order chi connectivity index (χ0) is 19.4. The standard InChI is InChI=1S/C22H29NO5/c1-14-9-10-18-15(2)19(26-23-13-16-7-5-4-6-8-16)24-20-22(18)17(14)11-12-21(3,25-20)27-28-22/h4-8,13-15,17-20H,9-12H2,1-3H3/t14-,15-,17?,18?,19?,20?,21+,22?/m1/s1. The van der Waals surface area contributed by atoms with Crippen LogP contribution in [0.4, 0.5) is 0 Å². The van der Waals surface area contributed by atoms with Gasteiger partial charge in [-0.25, -0.2) is 9.78 Å². The van der Waals surface area contributed by atoms with E-state index in [-0.39, 0.29) is 11.8 Å². The molecule has 4 heterocycles. The molecular weight excluding hydrogens is 358 g/mol. The molecule has 4 saturated heterocycles. The zero-order valence-electron chi connectivity index (χ0n) is 16.7. The second-order valence-corrected chi connectivity index (χ2v) is 9.02. The van der Waals surface area contributed by atoms with Crippen molar-refractivity contribution in [1.82, 2.24) is 0 Å². The number of ether oxygens (including phenoxy) is 2. The molecule has 5 fully saturated rings. The van der Waals surface area contributed by atoms with E-state index in [4.69, 9.17) is 24.1 Å². The van der Waals surface area contributed by atoms with Crippen molar-refractivity contribution in [3.8, 4) is 0 Å². The van der Waals surface area contributed by atoms with Crippen molar-refractivity contribution in [3.63, 3.8) is 0 Å². The Balaban J connectivity index is 1.41. The first kappa shape index (κ1) is 18.6. The molecule has 0 radical (unpaired) electrons. The Bertz CT molecular complexity index is 742. The maximum Gasteiger partial charge on any atom is 0.232 e. The summed E-state index contributed by atoms with van der Waals surface area (Å²) in [5, 5.41) is 4.20. The van der Waals surface area contributed by atoms with Gasteiger partial charge in [0.25, 0.3) is 0 Å². The number of oxime groups is 1. The predicted octanol–water partition coefficient (Wildman–Crippen LogP) is 4.25. The van der Waals surface area contributed by atoms with Gasteiger partial charge in [0.05, 0.1) is 6.21 Å². The minimum Gasteiger partial charge on any atom is -0.363 e. The second-order valence-electron chi connectivity index (χ2n) is 9.02. The smallest absolute Gasteiger partial charge is 0.232 e. The van der Waals surface area contributed by atoms with Crippen LogP contribution in [-0.4, -0.2) is 30.2 Å².